The Morgan fingerprint density at radius 2 is 1.50 bits per heavy atom. The standard InChI is InChI=1S/C23H27N5O5S/c1-14(24-22(29)16(3)28-34(31,32)21-15(2)27-33-17(21)4)18-10-12-20(13-11-18)26-23(30)25-19-8-6-5-7-9-19/h5-14,16,28H,1-4H3,(H,24,29)(H2,25,26,30)/t14?,16-/m0/s1. The van der Waals surface area contributed by atoms with Crippen molar-refractivity contribution in [3.8, 4) is 0 Å². The lowest BCUT2D eigenvalue weighted by Crippen LogP contribution is -2.45. The number of anilines is 2. The Labute approximate surface area is 198 Å². The molecule has 0 spiro atoms. The molecule has 180 valence electrons. The fraction of sp³-hybridized carbons (Fsp3) is 0.261. The first-order chi connectivity index (χ1) is 16.1. The monoisotopic (exact) mass is 485 g/mol. The van der Waals surface area contributed by atoms with Gasteiger partial charge in [0.05, 0.1) is 12.1 Å². The van der Waals surface area contributed by atoms with Gasteiger partial charge in [-0.15, -0.1) is 0 Å². The van der Waals surface area contributed by atoms with E-state index in [-0.39, 0.29) is 22.4 Å². The number of para-hydroxylation sites is 1. The Kier molecular flexibility index (Phi) is 7.69. The summed E-state index contributed by atoms with van der Waals surface area (Å²) in [4.78, 5) is 24.6. The zero-order chi connectivity index (χ0) is 24.9. The fourth-order valence-electron chi connectivity index (χ4n) is 3.30. The highest BCUT2D eigenvalue weighted by molar-refractivity contribution is 7.89. The van der Waals surface area contributed by atoms with Crippen LogP contribution >= 0.6 is 0 Å². The van der Waals surface area contributed by atoms with Crippen molar-refractivity contribution in [3.63, 3.8) is 0 Å². The van der Waals surface area contributed by atoms with Crippen molar-refractivity contribution in [2.75, 3.05) is 10.6 Å². The molecule has 11 heteroatoms. The number of nitrogens with one attached hydrogen (secondary N) is 4. The fourth-order valence-corrected chi connectivity index (χ4v) is 4.83. The van der Waals surface area contributed by atoms with Gasteiger partial charge in [-0.05, 0) is 57.5 Å². The smallest absolute Gasteiger partial charge is 0.323 e. The van der Waals surface area contributed by atoms with Crippen molar-refractivity contribution >= 4 is 33.3 Å². The number of aromatic nitrogens is 1. The summed E-state index contributed by atoms with van der Waals surface area (Å²) in [5, 5.41) is 11.9. The Hall–Kier alpha value is -3.70. The number of urea groups is 1. The summed E-state index contributed by atoms with van der Waals surface area (Å²) in [5.41, 5.74) is 2.25. The van der Waals surface area contributed by atoms with Gasteiger partial charge in [0.25, 0.3) is 0 Å². The van der Waals surface area contributed by atoms with Crippen LogP contribution < -0.4 is 20.7 Å². The van der Waals surface area contributed by atoms with Crippen LogP contribution in [0, 0.1) is 13.8 Å². The van der Waals surface area contributed by atoms with Crippen LogP contribution in [0.15, 0.2) is 64.0 Å². The van der Waals surface area contributed by atoms with Gasteiger partial charge in [-0.1, -0.05) is 35.5 Å². The van der Waals surface area contributed by atoms with Gasteiger partial charge in [0, 0.05) is 11.4 Å². The van der Waals surface area contributed by atoms with Crippen LogP contribution in [0.5, 0.6) is 0 Å². The number of carbonyl (C=O) groups excluding carboxylic acids is 2. The van der Waals surface area contributed by atoms with Crippen LogP contribution in [0.25, 0.3) is 0 Å². The number of carbonyl (C=O) groups is 2. The van der Waals surface area contributed by atoms with Crippen LogP contribution in [0.1, 0.15) is 36.9 Å². The lowest BCUT2D eigenvalue weighted by Gasteiger charge is -2.19. The maximum atomic E-state index is 12.6. The van der Waals surface area contributed by atoms with Gasteiger partial charge < -0.3 is 20.5 Å². The summed E-state index contributed by atoms with van der Waals surface area (Å²) in [7, 11) is -3.98. The molecule has 0 aliphatic heterocycles. The van der Waals surface area contributed by atoms with Gasteiger partial charge >= 0.3 is 6.03 Å². The molecule has 4 N–H and O–H groups in total. The first-order valence-electron chi connectivity index (χ1n) is 10.6. The second-order valence-corrected chi connectivity index (χ2v) is 9.44. The molecule has 0 saturated heterocycles. The first kappa shape index (κ1) is 24.9. The lowest BCUT2D eigenvalue weighted by molar-refractivity contribution is -0.123. The summed E-state index contributed by atoms with van der Waals surface area (Å²) in [5.74, 6) is -0.343. The van der Waals surface area contributed by atoms with Crippen molar-refractivity contribution in [2.24, 2.45) is 0 Å². The minimum atomic E-state index is -3.98. The van der Waals surface area contributed by atoms with Crippen LogP contribution in [-0.2, 0) is 14.8 Å². The van der Waals surface area contributed by atoms with E-state index < -0.39 is 28.0 Å². The van der Waals surface area contributed by atoms with Gasteiger partial charge in [0.15, 0.2) is 5.76 Å². The third-order valence-electron chi connectivity index (χ3n) is 5.02. The molecule has 0 aliphatic rings. The largest absolute Gasteiger partial charge is 0.360 e. The molecule has 0 fully saturated rings. The minimum absolute atomic E-state index is 0.0698. The van der Waals surface area contributed by atoms with Crippen molar-refractivity contribution < 1.29 is 22.5 Å². The molecule has 0 bridgehead atoms. The third kappa shape index (κ3) is 6.21. The molecule has 1 aromatic heterocycles. The summed E-state index contributed by atoms with van der Waals surface area (Å²) < 4.78 is 32.5. The number of benzene rings is 2. The Morgan fingerprint density at radius 3 is 2.06 bits per heavy atom. The number of aryl methyl sites for hydroxylation is 2. The summed E-state index contributed by atoms with van der Waals surface area (Å²) in [6.45, 7) is 6.24. The van der Waals surface area contributed by atoms with E-state index in [9.17, 15) is 18.0 Å². The average Bonchev–Trinajstić information content (AvgIpc) is 3.13. The van der Waals surface area contributed by atoms with E-state index in [1.54, 1.807) is 43.3 Å². The summed E-state index contributed by atoms with van der Waals surface area (Å²) >= 11 is 0. The van der Waals surface area contributed by atoms with E-state index in [0.717, 1.165) is 5.56 Å². The molecule has 0 aliphatic carbocycles. The van der Waals surface area contributed by atoms with Gasteiger partial charge in [-0.25, -0.2) is 13.2 Å². The average molecular weight is 486 g/mol. The molecular weight excluding hydrogens is 458 g/mol. The molecule has 0 radical (unpaired) electrons. The number of amides is 3. The number of hydrogen-bond acceptors (Lipinski definition) is 6. The summed E-state index contributed by atoms with van der Waals surface area (Å²) in [6, 6.07) is 14.2. The van der Waals surface area contributed by atoms with Crippen LogP contribution in [0.3, 0.4) is 0 Å². The normalized spacial score (nSPS) is 13.1. The van der Waals surface area contributed by atoms with Crippen molar-refractivity contribution in [2.45, 2.75) is 44.7 Å². The molecule has 10 nitrogen and oxygen atoms in total. The molecule has 2 aromatic carbocycles. The SMILES string of the molecule is Cc1noc(C)c1S(=O)(=O)N[C@@H](C)C(=O)NC(C)c1ccc(NC(=O)Nc2ccccc2)cc1. The molecule has 1 heterocycles. The highest BCUT2D eigenvalue weighted by Crippen LogP contribution is 2.20. The highest BCUT2D eigenvalue weighted by atomic mass is 32.2. The topological polar surface area (TPSA) is 142 Å². The predicted molar refractivity (Wildman–Crippen MR) is 128 cm³/mol. The van der Waals surface area contributed by atoms with Crippen LogP contribution in [0.2, 0.25) is 0 Å². The molecule has 3 amide bonds. The molecule has 2 atom stereocenters. The second-order valence-electron chi connectivity index (χ2n) is 7.79. The molecule has 1 unspecified atom stereocenters. The quantitative estimate of drug-likeness (QED) is 0.385. The van der Waals surface area contributed by atoms with E-state index >= 15 is 0 Å². The number of rotatable bonds is 8. The lowest BCUT2D eigenvalue weighted by atomic mass is 10.1. The second kappa shape index (κ2) is 10.5. The molecule has 34 heavy (non-hydrogen) atoms. The van der Waals surface area contributed by atoms with E-state index in [0.29, 0.717) is 11.4 Å². The maximum absolute atomic E-state index is 12.6. The van der Waals surface area contributed by atoms with Crippen molar-refractivity contribution in [3.05, 3.63) is 71.6 Å². The zero-order valence-corrected chi connectivity index (χ0v) is 20.1. The molecule has 3 rings (SSSR count). The predicted octanol–water partition coefficient (Wildman–Crippen LogP) is 3.48. The van der Waals surface area contributed by atoms with E-state index in [4.69, 9.17) is 4.52 Å². The maximum Gasteiger partial charge on any atom is 0.323 e. The Balaban J connectivity index is 1.56. The van der Waals surface area contributed by atoms with Gasteiger partial charge in [-0.2, -0.15) is 4.72 Å². The van der Waals surface area contributed by atoms with Gasteiger partial charge in [0.1, 0.15) is 10.6 Å². The summed E-state index contributed by atoms with van der Waals surface area (Å²) in [6.07, 6.45) is 0. The Bertz CT molecular complexity index is 1240. The molecular formula is C23H27N5O5S. The van der Waals surface area contributed by atoms with Gasteiger partial charge in [0.2, 0.25) is 15.9 Å². The van der Waals surface area contributed by atoms with E-state index in [2.05, 4.69) is 25.8 Å². The van der Waals surface area contributed by atoms with E-state index in [1.807, 2.05) is 18.2 Å². The minimum Gasteiger partial charge on any atom is -0.360 e. The van der Waals surface area contributed by atoms with Crippen LogP contribution in [-0.4, -0.2) is 31.6 Å². The Morgan fingerprint density at radius 1 is 0.912 bits per heavy atom. The number of nitrogens with zero attached hydrogens (tertiary/aromatic N) is 1. The third-order valence-corrected chi connectivity index (χ3v) is 6.80. The van der Waals surface area contributed by atoms with Crippen molar-refractivity contribution in [1.82, 2.24) is 15.2 Å². The van der Waals surface area contributed by atoms with Crippen molar-refractivity contribution in [1.29, 1.82) is 0 Å². The number of hydrogen-bond donors (Lipinski definition) is 4. The zero-order valence-electron chi connectivity index (χ0n) is 19.2. The van der Waals surface area contributed by atoms with Crippen LogP contribution in [0.4, 0.5) is 16.2 Å². The first-order valence-corrected chi connectivity index (χ1v) is 12.0. The number of sulfonamides is 1. The molecule has 0 saturated carbocycles. The highest BCUT2D eigenvalue weighted by Gasteiger charge is 2.28. The van der Waals surface area contributed by atoms with Gasteiger partial charge in [-0.3, -0.25) is 4.79 Å². The molecule has 3 aromatic rings. The van der Waals surface area contributed by atoms with E-state index in [1.165, 1.54) is 20.8 Å².